The van der Waals surface area contributed by atoms with Gasteiger partial charge in [-0.05, 0) is 12.5 Å². The van der Waals surface area contributed by atoms with E-state index in [4.69, 9.17) is 9.15 Å². The molecule has 2 aromatic rings. The number of hydrogen-bond acceptors (Lipinski definition) is 7. The summed E-state index contributed by atoms with van der Waals surface area (Å²) >= 11 is 0. The number of esters is 1. The number of nitrogens with zero attached hydrogens (tertiary/aromatic N) is 3. The first-order chi connectivity index (χ1) is 10.0. The second kappa shape index (κ2) is 6.12. The number of carbonyl (C=O) groups excluding carboxylic acids is 1. The predicted octanol–water partition coefficient (Wildman–Crippen LogP) is 2.21. The minimum atomic E-state index is -0.795. The second-order valence-electron chi connectivity index (χ2n) is 4.25. The highest BCUT2D eigenvalue weighted by molar-refractivity contribution is 5.95. The molecule has 21 heavy (non-hydrogen) atoms. The van der Waals surface area contributed by atoms with E-state index in [9.17, 15) is 14.9 Å². The first kappa shape index (κ1) is 14.6. The number of benzene rings is 1. The van der Waals surface area contributed by atoms with Gasteiger partial charge in [-0.2, -0.15) is 0 Å². The maximum Gasteiger partial charge on any atom is 0.345 e. The average Bonchev–Trinajstić information content (AvgIpc) is 2.92. The Morgan fingerprint density at radius 1 is 1.38 bits per heavy atom. The second-order valence-corrected chi connectivity index (χ2v) is 4.25. The first-order valence-corrected chi connectivity index (χ1v) is 6.25. The normalized spacial score (nSPS) is 10.4. The lowest BCUT2D eigenvalue weighted by molar-refractivity contribution is -0.385. The van der Waals surface area contributed by atoms with Crippen LogP contribution in [0.4, 0.5) is 5.69 Å². The Labute approximate surface area is 119 Å². The average molecular weight is 291 g/mol. The van der Waals surface area contributed by atoms with E-state index in [0.717, 1.165) is 0 Å². The van der Waals surface area contributed by atoms with Gasteiger partial charge < -0.3 is 9.15 Å². The molecule has 8 heteroatoms. The van der Waals surface area contributed by atoms with Crippen LogP contribution in [0.25, 0.3) is 0 Å². The zero-order valence-electron chi connectivity index (χ0n) is 11.5. The van der Waals surface area contributed by atoms with Crippen molar-refractivity contribution in [3.63, 3.8) is 0 Å². The van der Waals surface area contributed by atoms with Crippen LogP contribution in [-0.2, 0) is 17.8 Å². The van der Waals surface area contributed by atoms with Gasteiger partial charge in [0, 0.05) is 12.5 Å². The number of rotatable bonds is 5. The SMILES string of the molecule is CCc1nnc(COC(=O)c2c(C)cccc2[N+](=O)[O-])o1. The Morgan fingerprint density at radius 3 is 2.71 bits per heavy atom. The lowest BCUT2D eigenvalue weighted by Crippen LogP contribution is -2.10. The van der Waals surface area contributed by atoms with Gasteiger partial charge in [0.2, 0.25) is 5.89 Å². The van der Waals surface area contributed by atoms with Crippen molar-refractivity contribution in [1.82, 2.24) is 10.2 Å². The molecule has 0 aliphatic heterocycles. The third kappa shape index (κ3) is 3.22. The fourth-order valence-corrected chi connectivity index (χ4v) is 1.76. The van der Waals surface area contributed by atoms with Crippen molar-refractivity contribution >= 4 is 11.7 Å². The molecule has 0 unspecified atom stereocenters. The van der Waals surface area contributed by atoms with Gasteiger partial charge in [-0.1, -0.05) is 19.1 Å². The van der Waals surface area contributed by atoms with E-state index in [1.165, 1.54) is 12.1 Å². The van der Waals surface area contributed by atoms with E-state index in [1.54, 1.807) is 13.0 Å². The van der Waals surface area contributed by atoms with E-state index in [1.807, 2.05) is 6.92 Å². The lowest BCUT2D eigenvalue weighted by atomic mass is 10.1. The quantitative estimate of drug-likeness (QED) is 0.472. The Morgan fingerprint density at radius 2 is 2.10 bits per heavy atom. The van der Waals surface area contributed by atoms with E-state index < -0.39 is 10.9 Å². The van der Waals surface area contributed by atoms with Gasteiger partial charge >= 0.3 is 5.97 Å². The molecule has 0 aliphatic carbocycles. The molecule has 110 valence electrons. The molecule has 0 radical (unpaired) electrons. The summed E-state index contributed by atoms with van der Waals surface area (Å²) in [5, 5.41) is 18.4. The molecule has 0 bridgehead atoms. The van der Waals surface area contributed by atoms with Crippen molar-refractivity contribution < 1.29 is 18.9 Å². The van der Waals surface area contributed by atoms with Crippen LogP contribution in [-0.4, -0.2) is 21.1 Å². The van der Waals surface area contributed by atoms with Crippen LogP contribution >= 0.6 is 0 Å². The topological polar surface area (TPSA) is 108 Å². The van der Waals surface area contributed by atoms with E-state index in [0.29, 0.717) is 17.9 Å². The Balaban J connectivity index is 2.15. The van der Waals surface area contributed by atoms with Gasteiger partial charge in [0.05, 0.1) is 4.92 Å². The molecule has 1 heterocycles. The summed E-state index contributed by atoms with van der Waals surface area (Å²) in [5.41, 5.74) is 0.103. The Hall–Kier alpha value is -2.77. The van der Waals surface area contributed by atoms with Gasteiger partial charge in [0.1, 0.15) is 5.56 Å². The summed E-state index contributed by atoms with van der Waals surface area (Å²) in [6.45, 7) is 3.22. The molecule has 1 aromatic heterocycles. The minimum absolute atomic E-state index is 0.0715. The molecule has 0 aliphatic rings. The maximum atomic E-state index is 12.0. The maximum absolute atomic E-state index is 12.0. The highest BCUT2D eigenvalue weighted by Crippen LogP contribution is 2.23. The van der Waals surface area contributed by atoms with E-state index in [2.05, 4.69) is 10.2 Å². The smallest absolute Gasteiger partial charge is 0.345 e. The molecular weight excluding hydrogens is 278 g/mol. The number of ether oxygens (including phenoxy) is 1. The molecule has 0 spiro atoms. The number of hydrogen-bond donors (Lipinski definition) is 0. The number of aromatic nitrogens is 2. The highest BCUT2D eigenvalue weighted by Gasteiger charge is 2.24. The minimum Gasteiger partial charge on any atom is -0.452 e. The van der Waals surface area contributed by atoms with Crippen LogP contribution in [0.1, 0.15) is 34.6 Å². The largest absolute Gasteiger partial charge is 0.452 e. The first-order valence-electron chi connectivity index (χ1n) is 6.25. The molecule has 8 nitrogen and oxygen atoms in total. The summed E-state index contributed by atoms with van der Waals surface area (Å²) in [6, 6.07) is 4.37. The summed E-state index contributed by atoms with van der Waals surface area (Å²) in [7, 11) is 0. The third-order valence-electron chi connectivity index (χ3n) is 2.79. The van der Waals surface area contributed by atoms with Crippen molar-refractivity contribution in [2.45, 2.75) is 26.9 Å². The van der Waals surface area contributed by atoms with E-state index >= 15 is 0 Å². The number of carbonyl (C=O) groups is 1. The van der Waals surface area contributed by atoms with Crippen molar-refractivity contribution in [3.05, 3.63) is 51.2 Å². The summed E-state index contributed by atoms with van der Waals surface area (Å²) < 4.78 is 10.2. The van der Waals surface area contributed by atoms with Crippen LogP contribution in [0, 0.1) is 17.0 Å². The molecule has 0 amide bonds. The van der Waals surface area contributed by atoms with Gasteiger partial charge in [-0.25, -0.2) is 4.79 Å². The van der Waals surface area contributed by atoms with Crippen molar-refractivity contribution in [2.75, 3.05) is 0 Å². The van der Waals surface area contributed by atoms with Crippen molar-refractivity contribution in [3.8, 4) is 0 Å². The molecular formula is C13H13N3O5. The summed E-state index contributed by atoms with van der Waals surface area (Å²) in [5.74, 6) is -0.213. The molecule has 2 rings (SSSR count). The van der Waals surface area contributed by atoms with Gasteiger partial charge in [-0.3, -0.25) is 10.1 Å². The zero-order valence-corrected chi connectivity index (χ0v) is 11.5. The third-order valence-corrected chi connectivity index (χ3v) is 2.79. The summed E-state index contributed by atoms with van der Waals surface area (Å²) in [6.07, 6.45) is 0.574. The summed E-state index contributed by atoms with van der Waals surface area (Å²) in [4.78, 5) is 22.4. The van der Waals surface area contributed by atoms with Crippen molar-refractivity contribution in [2.24, 2.45) is 0 Å². The fraction of sp³-hybridized carbons (Fsp3) is 0.308. The number of nitro groups is 1. The number of aryl methyl sites for hydroxylation is 2. The standard InChI is InChI=1S/C13H13N3O5/c1-3-10-14-15-11(21-10)7-20-13(17)12-8(2)5-4-6-9(12)16(18)19/h4-6H,3,7H2,1-2H3. The lowest BCUT2D eigenvalue weighted by Gasteiger charge is -2.05. The van der Waals surface area contributed by atoms with Crippen LogP contribution in [0.2, 0.25) is 0 Å². The monoisotopic (exact) mass is 291 g/mol. The highest BCUT2D eigenvalue weighted by atomic mass is 16.6. The van der Waals surface area contributed by atoms with Gasteiger partial charge in [0.15, 0.2) is 6.61 Å². The van der Waals surface area contributed by atoms with Gasteiger partial charge in [0.25, 0.3) is 11.6 Å². The molecule has 0 saturated carbocycles. The van der Waals surface area contributed by atoms with Crippen LogP contribution < -0.4 is 0 Å². The number of nitro benzene ring substituents is 1. The van der Waals surface area contributed by atoms with Gasteiger partial charge in [-0.15, -0.1) is 10.2 Å². The predicted molar refractivity (Wildman–Crippen MR) is 70.6 cm³/mol. The van der Waals surface area contributed by atoms with Crippen molar-refractivity contribution in [1.29, 1.82) is 0 Å². The fourth-order valence-electron chi connectivity index (χ4n) is 1.76. The zero-order chi connectivity index (χ0) is 15.4. The molecule has 0 saturated heterocycles. The Bertz CT molecular complexity index is 680. The van der Waals surface area contributed by atoms with Crippen LogP contribution in [0.3, 0.4) is 0 Å². The molecule has 0 fully saturated rings. The molecule has 1 aromatic carbocycles. The molecule has 0 N–H and O–H groups in total. The van der Waals surface area contributed by atoms with E-state index in [-0.39, 0.29) is 23.7 Å². The Kier molecular flexibility index (Phi) is 4.27. The van der Waals surface area contributed by atoms with Crippen LogP contribution in [0.5, 0.6) is 0 Å². The van der Waals surface area contributed by atoms with Crippen LogP contribution in [0.15, 0.2) is 22.6 Å². The molecule has 0 atom stereocenters.